The van der Waals surface area contributed by atoms with Crippen LogP contribution in [0.25, 0.3) is 22.5 Å². The summed E-state index contributed by atoms with van der Waals surface area (Å²) >= 11 is 1.56. The summed E-state index contributed by atoms with van der Waals surface area (Å²) in [5.74, 6) is 0.481. The fourth-order valence-corrected chi connectivity index (χ4v) is 5.57. The fourth-order valence-electron chi connectivity index (χ4n) is 4.26. The zero-order chi connectivity index (χ0) is 25.2. The number of rotatable bonds is 9. The molecular formula is C26H32N4O3SSi. The number of carbonyl (C=O) groups is 2. The molecule has 2 aromatic heterocycles. The number of imidazole rings is 1. The number of hydrogen-bond donors (Lipinski definition) is 1. The quantitative estimate of drug-likeness (QED) is 0.226. The number of Topliss-reactive ketones (excluding diaryl/α,β-unsaturated/α-hetero) is 1. The van der Waals surface area contributed by atoms with E-state index < -0.39 is 8.07 Å². The zero-order valence-corrected chi connectivity index (χ0v) is 22.8. The smallest absolute Gasteiger partial charge is 0.222 e. The number of hydrogen-bond acceptors (Lipinski definition) is 6. The Hall–Kier alpha value is -2.75. The van der Waals surface area contributed by atoms with Crippen LogP contribution in [0.15, 0.2) is 41.7 Å². The second-order valence-electron chi connectivity index (χ2n) is 9.94. The van der Waals surface area contributed by atoms with Crippen molar-refractivity contribution in [3.8, 4) is 22.5 Å². The summed E-state index contributed by atoms with van der Waals surface area (Å²) in [7, 11) is -1.22. The Labute approximate surface area is 211 Å². The summed E-state index contributed by atoms with van der Waals surface area (Å²) < 4.78 is 8.25. The molecule has 2 heterocycles. The lowest BCUT2D eigenvalue weighted by Crippen LogP contribution is -2.22. The molecule has 0 saturated carbocycles. The first-order valence-corrected chi connectivity index (χ1v) is 16.7. The Morgan fingerprint density at radius 1 is 1.20 bits per heavy atom. The molecule has 0 fully saturated rings. The molecule has 0 radical (unpaired) electrons. The number of benzene rings is 1. The minimum atomic E-state index is -1.22. The van der Waals surface area contributed by atoms with Gasteiger partial charge in [-0.15, -0.1) is 0 Å². The largest absolute Gasteiger partial charge is 0.361 e. The van der Waals surface area contributed by atoms with Crippen LogP contribution in [-0.2, 0) is 22.7 Å². The number of fused-ring (bicyclic) bond motifs is 1. The fraction of sp³-hybridized carbons (Fsp3) is 0.385. The highest BCUT2D eigenvalue weighted by Gasteiger charge is 2.27. The molecule has 1 aliphatic carbocycles. The molecule has 7 nitrogen and oxygen atoms in total. The van der Waals surface area contributed by atoms with Crippen molar-refractivity contribution in [2.75, 3.05) is 18.2 Å². The van der Waals surface area contributed by atoms with E-state index in [9.17, 15) is 9.59 Å². The van der Waals surface area contributed by atoms with Crippen LogP contribution in [0.5, 0.6) is 0 Å². The summed E-state index contributed by atoms with van der Waals surface area (Å²) in [6.45, 7) is 9.53. The van der Waals surface area contributed by atoms with Crippen LogP contribution in [0.1, 0.15) is 29.3 Å². The number of anilines is 1. The first-order valence-electron chi connectivity index (χ1n) is 11.8. The molecule has 0 unspecified atom stereocenters. The van der Waals surface area contributed by atoms with Gasteiger partial charge in [0.05, 0.1) is 11.4 Å². The number of pyridine rings is 1. The Balaban J connectivity index is 1.84. The van der Waals surface area contributed by atoms with Gasteiger partial charge in [0.25, 0.3) is 0 Å². The number of ether oxygens (including phenoxy) is 1. The van der Waals surface area contributed by atoms with Crippen LogP contribution >= 0.6 is 11.8 Å². The summed E-state index contributed by atoms with van der Waals surface area (Å²) in [5, 5.41) is 3.61. The highest BCUT2D eigenvalue weighted by Crippen LogP contribution is 2.40. The number of aromatic nitrogens is 3. The lowest BCUT2D eigenvalue weighted by Gasteiger charge is -2.17. The van der Waals surface area contributed by atoms with E-state index in [2.05, 4.69) is 34.5 Å². The number of thioether (sulfide) groups is 1. The van der Waals surface area contributed by atoms with E-state index in [4.69, 9.17) is 9.72 Å². The van der Waals surface area contributed by atoms with Crippen molar-refractivity contribution >= 4 is 37.3 Å². The second-order valence-corrected chi connectivity index (χ2v) is 16.3. The van der Waals surface area contributed by atoms with Crippen molar-refractivity contribution in [3.05, 3.63) is 47.7 Å². The first-order chi connectivity index (χ1) is 16.7. The molecule has 0 aliphatic heterocycles. The van der Waals surface area contributed by atoms with E-state index in [1.54, 1.807) is 18.0 Å². The Morgan fingerprint density at radius 3 is 2.69 bits per heavy atom. The summed E-state index contributed by atoms with van der Waals surface area (Å²) in [4.78, 5) is 33.4. The monoisotopic (exact) mass is 508 g/mol. The molecule has 9 heteroatoms. The molecule has 0 atom stereocenters. The Kier molecular flexibility index (Phi) is 7.58. The predicted molar refractivity (Wildman–Crippen MR) is 144 cm³/mol. The third-order valence-corrected chi connectivity index (χ3v) is 8.38. The SMILES string of the molecule is CSc1nc(-c2cccc3c2CCC3=O)c(-c2ccnc(NC(C)=O)c2)n1COCC[Si](C)(C)C. The van der Waals surface area contributed by atoms with E-state index in [0.29, 0.717) is 32.0 Å². The highest BCUT2D eigenvalue weighted by molar-refractivity contribution is 7.98. The van der Waals surface area contributed by atoms with Gasteiger partial charge in [0.15, 0.2) is 10.9 Å². The maximum atomic E-state index is 12.4. The van der Waals surface area contributed by atoms with Crippen molar-refractivity contribution in [1.82, 2.24) is 14.5 Å². The topological polar surface area (TPSA) is 86.1 Å². The molecule has 1 aromatic carbocycles. The van der Waals surface area contributed by atoms with Crippen LogP contribution < -0.4 is 5.32 Å². The molecule has 0 spiro atoms. The van der Waals surface area contributed by atoms with Crippen molar-refractivity contribution in [1.29, 1.82) is 0 Å². The van der Waals surface area contributed by atoms with Gasteiger partial charge in [0.2, 0.25) is 5.91 Å². The van der Waals surface area contributed by atoms with Crippen molar-refractivity contribution < 1.29 is 14.3 Å². The van der Waals surface area contributed by atoms with E-state index in [1.807, 2.05) is 36.6 Å². The average Bonchev–Trinajstić information content (AvgIpc) is 3.36. The predicted octanol–water partition coefficient (Wildman–Crippen LogP) is 5.73. The van der Waals surface area contributed by atoms with Gasteiger partial charge < -0.3 is 10.1 Å². The summed E-state index contributed by atoms with van der Waals surface area (Å²) in [6, 6.07) is 10.7. The normalized spacial score (nSPS) is 13.2. The standard InChI is InChI=1S/C26H32N4O3SSi/c1-17(31)28-23-15-18(11-12-27-23)25-24(21-8-6-7-20-19(21)9-10-22(20)32)29-26(34-2)30(25)16-33-13-14-35(3,4)5/h6-8,11-12,15H,9-10,13-14,16H2,1-5H3,(H,27,28,31). The van der Waals surface area contributed by atoms with Crippen LogP contribution in [0.4, 0.5) is 5.82 Å². The van der Waals surface area contributed by atoms with Gasteiger partial charge in [-0.25, -0.2) is 9.97 Å². The maximum absolute atomic E-state index is 12.4. The number of amides is 1. The number of nitrogens with zero attached hydrogens (tertiary/aromatic N) is 3. The van der Waals surface area contributed by atoms with E-state index >= 15 is 0 Å². The van der Waals surface area contributed by atoms with Crippen LogP contribution in [0.3, 0.4) is 0 Å². The van der Waals surface area contributed by atoms with Crippen LogP contribution in [0.2, 0.25) is 25.7 Å². The average molecular weight is 509 g/mol. The third-order valence-electron chi connectivity index (χ3n) is 6.00. The molecular weight excluding hydrogens is 476 g/mol. The molecule has 1 aliphatic rings. The van der Waals surface area contributed by atoms with Gasteiger partial charge in [-0.2, -0.15) is 0 Å². The summed E-state index contributed by atoms with van der Waals surface area (Å²) in [6.07, 6.45) is 4.93. The van der Waals surface area contributed by atoms with Gasteiger partial charge in [-0.1, -0.05) is 49.6 Å². The van der Waals surface area contributed by atoms with Crippen LogP contribution in [0, 0.1) is 0 Å². The van der Waals surface area contributed by atoms with Gasteiger partial charge in [0.1, 0.15) is 12.5 Å². The molecule has 4 rings (SSSR count). The maximum Gasteiger partial charge on any atom is 0.222 e. The van der Waals surface area contributed by atoms with Gasteiger partial charge in [0, 0.05) is 50.9 Å². The van der Waals surface area contributed by atoms with E-state index in [0.717, 1.165) is 44.8 Å². The first kappa shape index (κ1) is 25.3. The third kappa shape index (κ3) is 5.74. The molecule has 1 amide bonds. The van der Waals surface area contributed by atoms with Gasteiger partial charge in [-0.3, -0.25) is 14.2 Å². The van der Waals surface area contributed by atoms with Crippen molar-refractivity contribution in [2.45, 2.75) is 57.3 Å². The highest BCUT2D eigenvalue weighted by atomic mass is 32.2. The second kappa shape index (κ2) is 10.5. The van der Waals surface area contributed by atoms with Gasteiger partial charge in [-0.05, 0) is 36.4 Å². The van der Waals surface area contributed by atoms with Crippen LogP contribution in [-0.4, -0.2) is 47.2 Å². The minimum absolute atomic E-state index is 0.178. The minimum Gasteiger partial charge on any atom is -0.361 e. The Morgan fingerprint density at radius 2 is 1.97 bits per heavy atom. The lowest BCUT2D eigenvalue weighted by molar-refractivity contribution is -0.114. The van der Waals surface area contributed by atoms with E-state index in [-0.39, 0.29) is 11.7 Å². The lowest BCUT2D eigenvalue weighted by atomic mass is 9.97. The zero-order valence-electron chi connectivity index (χ0n) is 21.0. The number of nitrogens with one attached hydrogen (secondary N) is 1. The molecule has 184 valence electrons. The molecule has 1 N–H and O–H groups in total. The number of ketones is 1. The van der Waals surface area contributed by atoms with Crippen molar-refractivity contribution in [2.24, 2.45) is 0 Å². The van der Waals surface area contributed by atoms with Gasteiger partial charge >= 0.3 is 0 Å². The molecule has 0 saturated heterocycles. The molecule has 0 bridgehead atoms. The Bertz CT molecular complexity index is 1270. The molecule has 3 aromatic rings. The molecule has 35 heavy (non-hydrogen) atoms. The summed E-state index contributed by atoms with van der Waals surface area (Å²) in [5.41, 5.74) is 5.39. The van der Waals surface area contributed by atoms with Crippen molar-refractivity contribution in [3.63, 3.8) is 0 Å². The number of carbonyl (C=O) groups excluding carboxylic acids is 2. The van der Waals surface area contributed by atoms with E-state index in [1.165, 1.54) is 6.92 Å².